The Bertz CT molecular complexity index is 1640. The van der Waals surface area contributed by atoms with Crippen LogP contribution >= 0.6 is 0 Å². The van der Waals surface area contributed by atoms with Crippen LogP contribution in [0.1, 0.15) is 43.9 Å². The maximum Gasteiger partial charge on any atom is 0.289 e. The van der Waals surface area contributed by atoms with Gasteiger partial charge in [0, 0.05) is 43.9 Å². The van der Waals surface area contributed by atoms with E-state index in [0.29, 0.717) is 66.3 Å². The number of amides is 2. The first-order valence-corrected chi connectivity index (χ1v) is 13.7. The van der Waals surface area contributed by atoms with Gasteiger partial charge in [0.1, 0.15) is 6.04 Å². The molecule has 0 N–H and O–H groups in total. The average molecular weight is 572 g/mol. The number of hydrogen-bond acceptors (Lipinski definition) is 10. The molecule has 1 atom stereocenters. The van der Waals surface area contributed by atoms with E-state index in [-0.39, 0.29) is 24.6 Å². The first-order valence-electron chi connectivity index (χ1n) is 13.7. The lowest BCUT2D eigenvalue weighted by Gasteiger charge is -2.35. The quantitative estimate of drug-likeness (QED) is 0.352. The van der Waals surface area contributed by atoms with Crippen molar-refractivity contribution in [1.29, 1.82) is 0 Å². The molecule has 0 spiro atoms. The van der Waals surface area contributed by atoms with Gasteiger partial charge in [-0.2, -0.15) is 4.68 Å². The van der Waals surface area contributed by atoms with E-state index in [4.69, 9.17) is 18.6 Å². The Hall–Kier alpha value is -4.91. The molecule has 13 heteroatoms. The zero-order valence-corrected chi connectivity index (χ0v) is 23.2. The van der Waals surface area contributed by atoms with Crippen LogP contribution in [0, 0.1) is 0 Å². The number of rotatable bonds is 5. The molecule has 7 rings (SSSR count). The lowest BCUT2D eigenvalue weighted by molar-refractivity contribution is 0.0518. The molecular weight excluding hydrogens is 542 g/mol. The molecule has 3 aliphatic rings. The van der Waals surface area contributed by atoms with Crippen molar-refractivity contribution in [3.8, 4) is 22.9 Å². The molecule has 0 saturated carbocycles. The molecule has 0 unspecified atom stereocenters. The number of benzene rings is 2. The van der Waals surface area contributed by atoms with Crippen molar-refractivity contribution in [3.63, 3.8) is 0 Å². The van der Waals surface area contributed by atoms with Crippen molar-refractivity contribution in [2.45, 2.75) is 12.5 Å². The first-order chi connectivity index (χ1) is 20.5. The van der Waals surface area contributed by atoms with Gasteiger partial charge in [-0.1, -0.05) is 6.07 Å². The highest BCUT2D eigenvalue weighted by molar-refractivity contribution is 5.95. The van der Waals surface area contributed by atoms with Crippen LogP contribution in [0.25, 0.3) is 5.69 Å². The van der Waals surface area contributed by atoms with E-state index in [1.807, 2.05) is 25.2 Å². The summed E-state index contributed by atoms with van der Waals surface area (Å²) in [4.78, 5) is 31.8. The van der Waals surface area contributed by atoms with Crippen LogP contribution < -0.4 is 14.2 Å². The van der Waals surface area contributed by atoms with Gasteiger partial charge in [0.2, 0.25) is 12.5 Å². The van der Waals surface area contributed by atoms with E-state index >= 15 is 0 Å². The molecule has 3 aliphatic heterocycles. The summed E-state index contributed by atoms with van der Waals surface area (Å²) < 4.78 is 24.2. The van der Waals surface area contributed by atoms with Gasteiger partial charge in [-0.3, -0.25) is 14.5 Å². The summed E-state index contributed by atoms with van der Waals surface area (Å²) in [6.45, 7) is 2.62. The Labute approximate surface area is 241 Å². The number of fused-ring (bicyclic) bond motifs is 2. The second kappa shape index (κ2) is 10.5. The van der Waals surface area contributed by atoms with E-state index in [1.54, 1.807) is 45.9 Å². The molecule has 1 fully saturated rings. The fourth-order valence-electron chi connectivity index (χ4n) is 5.93. The number of likely N-dealkylation sites (N-methyl/N-ethyl adjacent to an activating group) is 1. The molecule has 5 heterocycles. The van der Waals surface area contributed by atoms with Crippen LogP contribution in [0.5, 0.6) is 17.2 Å². The second-order valence-electron chi connectivity index (χ2n) is 10.4. The van der Waals surface area contributed by atoms with E-state index in [2.05, 4.69) is 20.4 Å². The van der Waals surface area contributed by atoms with Crippen molar-refractivity contribution in [3.05, 3.63) is 77.0 Å². The molecule has 216 valence electrons. The molecule has 1 saturated heterocycles. The van der Waals surface area contributed by atoms with Gasteiger partial charge in [-0.25, -0.2) is 0 Å². The zero-order chi connectivity index (χ0) is 28.8. The molecule has 42 heavy (non-hydrogen) atoms. The summed E-state index contributed by atoms with van der Waals surface area (Å²) >= 11 is 0. The van der Waals surface area contributed by atoms with E-state index in [0.717, 1.165) is 24.1 Å². The zero-order valence-electron chi connectivity index (χ0n) is 23.2. The van der Waals surface area contributed by atoms with Gasteiger partial charge in [0.05, 0.1) is 19.1 Å². The van der Waals surface area contributed by atoms with Crippen LogP contribution in [0.15, 0.2) is 53.1 Å². The number of methoxy groups -OCH3 is 1. The predicted octanol–water partition coefficient (Wildman–Crippen LogP) is 2.17. The molecule has 2 aromatic heterocycles. The van der Waals surface area contributed by atoms with Crippen LogP contribution in [0.2, 0.25) is 0 Å². The topological polar surface area (TPSA) is 128 Å². The number of carbonyl (C=O) groups is 2. The molecule has 2 aromatic carbocycles. The van der Waals surface area contributed by atoms with Crippen LogP contribution in [-0.2, 0) is 6.42 Å². The fraction of sp³-hybridized carbons (Fsp3) is 0.345. The van der Waals surface area contributed by atoms with Crippen LogP contribution in [-0.4, -0.2) is 100 Å². The molecule has 4 aromatic rings. The number of carbonyl (C=O) groups excluding carboxylic acids is 2. The third-order valence-corrected chi connectivity index (χ3v) is 8.06. The SMILES string of the molecule is COc1c2c(cc3c1[C@H](c1nnnn1-c1cccc(C(=O)N4CCN(C(=O)c5ccco5)CC4)c1)N(C)CC3)OCO2. The molecule has 0 radical (unpaired) electrons. The summed E-state index contributed by atoms with van der Waals surface area (Å²) in [7, 11) is 3.64. The van der Waals surface area contributed by atoms with Crippen molar-refractivity contribution < 1.29 is 28.2 Å². The monoisotopic (exact) mass is 571 g/mol. The summed E-state index contributed by atoms with van der Waals surface area (Å²) in [5, 5.41) is 12.8. The van der Waals surface area contributed by atoms with Gasteiger partial charge in [0.25, 0.3) is 11.8 Å². The van der Waals surface area contributed by atoms with E-state index in [9.17, 15) is 9.59 Å². The number of aromatic nitrogens is 4. The maximum absolute atomic E-state index is 13.5. The average Bonchev–Trinajstić information content (AvgIpc) is 3.82. The van der Waals surface area contributed by atoms with Gasteiger partial charge >= 0.3 is 0 Å². The van der Waals surface area contributed by atoms with Gasteiger partial charge in [-0.15, -0.1) is 5.10 Å². The third kappa shape index (κ3) is 4.33. The Morgan fingerprint density at radius 3 is 2.55 bits per heavy atom. The van der Waals surface area contributed by atoms with Gasteiger partial charge < -0.3 is 28.4 Å². The summed E-state index contributed by atoms with van der Waals surface area (Å²) in [6.07, 6.45) is 2.29. The number of tetrazole rings is 1. The van der Waals surface area contributed by atoms with Gasteiger partial charge in [0.15, 0.2) is 23.1 Å². The maximum atomic E-state index is 13.5. The molecule has 13 nitrogen and oxygen atoms in total. The van der Waals surface area contributed by atoms with Crippen molar-refractivity contribution in [2.75, 3.05) is 53.7 Å². The predicted molar refractivity (Wildman–Crippen MR) is 147 cm³/mol. The summed E-state index contributed by atoms with van der Waals surface area (Å²) in [5.74, 6) is 2.46. The van der Waals surface area contributed by atoms with Crippen molar-refractivity contribution >= 4 is 11.8 Å². The number of furan rings is 1. The first kappa shape index (κ1) is 26.0. The van der Waals surface area contributed by atoms with Gasteiger partial charge in [-0.05, 0) is 65.9 Å². The molecular formula is C29H29N7O6. The lowest BCUT2D eigenvalue weighted by Crippen LogP contribution is -2.50. The number of piperazine rings is 1. The Morgan fingerprint density at radius 1 is 0.976 bits per heavy atom. The normalized spacial score (nSPS) is 18.2. The lowest BCUT2D eigenvalue weighted by atomic mass is 9.90. The number of hydrogen-bond donors (Lipinski definition) is 0. The molecule has 2 amide bonds. The second-order valence-corrected chi connectivity index (χ2v) is 10.4. The molecule has 0 bridgehead atoms. The Balaban J connectivity index is 1.16. The van der Waals surface area contributed by atoms with Crippen LogP contribution in [0.4, 0.5) is 0 Å². The van der Waals surface area contributed by atoms with Crippen molar-refractivity contribution in [1.82, 2.24) is 34.9 Å². The minimum Gasteiger partial charge on any atom is -0.492 e. The highest BCUT2D eigenvalue weighted by Crippen LogP contribution is 2.50. The number of ether oxygens (including phenoxy) is 3. The van der Waals surface area contributed by atoms with E-state index < -0.39 is 0 Å². The van der Waals surface area contributed by atoms with Crippen molar-refractivity contribution in [2.24, 2.45) is 0 Å². The third-order valence-electron chi connectivity index (χ3n) is 8.06. The standard InChI is InChI=1S/C29H29N7O6/c1-33-9-8-18-16-22-25(42-17-41-22)26(39-2)23(18)24(33)27-30-31-32-36(27)20-6-3-5-19(15-20)28(37)34-10-12-35(13-11-34)29(38)21-7-4-14-40-21/h3-7,14-16,24H,8-13,17H2,1-2H3/t24-/m1/s1. The molecule has 0 aliphatic carbocycles. The Kier molecular flexibility index (Phi) is 6.50. The summed E-state index contributed by atoms with van der Waals surface area (Å²) in [5.41, 5.74) is 3.19. The smallest absolute Gasteiger partial charge is 0.289 e. The highest BCUT2D eigenvalue weighted by Gasteiger charge is 2.38. The number of nitrogens with zero attached hydrogens (tertiary/aromatic N) is 7. The summed E-state index contributed by atoms with van der Waals surface area (Å²) in [6, 6.07) is 12.3. The minimum absolute atomic E-state index is 0.119. The van der Waals surface area contributed by atoms with Crippen LogP contribution in [0.3, 0.4) is 0 Å². The minimum atomic E-state index is -0.327. The largest absolute Gasteiger partial charge is 0.492 e. The highest BCUT2D eigenvalue weighted by atomic mass is 16.7. The van der Waals surface area contributed by atoms with E-state index in [1.165, 1.54) is 6.26 Å². The fourth-order valence-corrected chi connectivity index (χ4v) is 5.93. The Morgan fingerprint density at radius 2 is 1.79 bits per heavy atom.